The summed E-state index contributed by atoms with van der Waals surface area (Å²) in [5.41, 5.74) is 0.948. The Morgan fingerprint density at radius 2 is 2.15 bits per heavy atom. The lowest BCUT2D eigenvalue weighted by atomic mass is 10.0. The normalized spacial score (nSPS) is 23.3. The Kier molecular flexibility index (Phi) is 5.54. The molecule has 110 valence electrons. The second kappa shape index (κ2) is 7.18. The standard InChI is InChI=1S/C15H21BrN2O2/c1-11-3-2-4-14(8-5-11)17-10-12-6-7-13(16)9-15(12)18(19)20/h6-7,9,11,14,17H,2-5,8,10H2,1H3. The Hall–Kier alpha value is -0.940. The lowest BCUT2D eigenvalue weighted by Gasteiger charge is -2.16. The zero-order valence-corrected chi connectivity index (χ0v) is 13.4. The van der Waals surface area contributed by atoms with Gasteiger partial charge in [0.15, 0.2) is 0 Å². The van der Waals surface area contributed by atoms with Crippen LogP contribution in [0.2, 0.25) is 0 Å². The van der Waals surface area contributed by atoms with Gasteiger partial charge < -0.3 is 5.32 Å². The Morgan fingerprint density at radius 3 is 2.90 bits per heavy atom. The molecule has 0 radical (unpaired) electrons. The van der Waals surface area contributed by atoms with E-state index in [1.54, 1.807) is 6.07 Å². The highest BCUT2D eigenvalue weighted by Crippen LogP contribution is 2.25. The van der Waals surface area contributed by atoms with Crippen molar-refractivity contribution in [2.24, 2.45) is 5.92 Å². The third-order valence-corrected chi connectivity index (χ3v) is 4.58. The summed E-state index contributed by atoms with van der Waals surface area (Å²) < 4.78 is 0.747. The molecule has 4 nitrogen and oxygen atoms in total. The summed E-state index contributed by atoms with van der Waals surface area (Å²) in [6, 6.07) is 5.75. The van der Waals surface area contributed by atoms with Crippen molar-refractivity contribution in [3.8, 4) is 0 Å². The number of nitro groups is 1. The molecule has 1 aromatic carbocycles. The molecule has 2 unspecified atom stereocenters. The minimum Gasteiger partial charge on any atom is -0.310 e. The first-order valence-electron chi connectivity index (χ1n) is 7.22. The van der Waals surface area contributed by atoms with E-state index >= 15 is 0 Å². The molecule has 1 N–H and O–H groups in total. The molecule has 1 aromatic rings. The summed E-state index contributed by atoms with van der Waals surface area (Å²) in [6.45, 7) is 2.88. The quantitative estimate of drug-likeness (QED) is 0.501. The van der Waals surface area contributed by atoms with E-state index in [0.29, 0.717) is 12.6 Å². The van der Waals surface area contributed by atoms with Crippen LogP contribution in [0.1, 0.15) is 44.6 Å². The number of nitro benzene ring substituents is 1. The number of nitrogens with zero attached hydrogens (tertiary/aromatic N) is 1. The van der Waals surface area contributed by atoms with Gasteiger partial charge in [0.05, 0.1) is 4.92 Å². The topological polar surface area (TPSA) is 55.2 Å². The highest BCUT2D eigenvalue weighted by Gasteiger charge is 2.18. The number of hydrogen-bond donors (Lipinski definition) is 1. The Bertz CT molecular complexity index is 479. The van der Waals surface area contributed by atoms with Crippen LogP contribution in [-0.2, 0) is 6.54 Å². The molecular weight excluding hydrogens is 320 g/mol. The van der Waals surface area contributed by atoms with E-state index in [2.05, 4.69) is 28.2 Å². The molecular formula is C15H21BrN2O2. The van der Waals surface area contributed by atoms with Gasteiger partial charge in [0.1, 0.15) is 0 Å². The molecule has 5 heteroatoms. The van der Waals surface area contributed by atoms with Crippen molar-refractivity contribution in [2.45, 2.75) is 51.6 Å². The Labute approximate surface area is 128 Å². The van der Waals surface area contributed by atoms with Gasteiger partial charge in [-0.25, -0.2) is 0 Å². The van der Waals surface area contributed by atoms with Gasteiger partial charge in [0.2, 0.25) is 0 Å². The van der Waals surface area contributed by atoms with E-state index in [1.165, 1.54) is 32.1 Å². The van der Waals surface area contributed by atoms with Crippen LogP contribution in [0.4, 0.5) is 5.69 Å². The van der Waals surface area contributed by atoms with E-state index < -0.39 is 0 Å². The molecule has 1 fully saturated rings. The fourth-order valence-electron chi connectivity index (χ4n) is 2.80. The van der Waals surface area contributed by atoms with Crippen molar-refractivity contribution in [3.63, 3.8) is 0 Å². The first-order valence-corrected chi connectivity index (χ1v) is 8.01. The highest BCUT2D eigenvalue weighted by molar-refractivity contribution is 9.10. The second-order valence-corrected chi connectivity index (χ2v) is 6.64. The van der Waals surface area contributed by atoms with E-state index in [1.807, 2.05) is 12.1 Å². The van der Waals surface area contributed by atoms with Crippen LogP contribution in [0.3, 0.4) is 0 Å². The van der Waals surface area contributed by atoms with Crippen molar-refractivity contribution in [3.05, 3.63) is 38.3 Å². The van der Waals surface area contributed by atoms with Crippen molar-refractivity contribution in [1.29, 1.82) is 0 Å². The number of nitrogens with one attached hydrogen (secondary N) is 1. The molecule has 2 rings (SSSR count). The van der Waals surface area contributed by atoms with E-state index in [-0.39, 0.29) is 10.6 Å². The third-order valence-electron chi connectivity index (χ3n) is 4.08. The van der Waals surface area contributed by atoms with Gasteiger partial charge in [-0.05, 0) is 37.3 Å². The van der Waals surface area contributed by atoms with Crippen LogP contribution in [0.15, 0.2) is 22.7 Å². The van der Waals surface area contributed by atoms with Crippen LogP contribution in [0, 0.1) is 16.0 Å². The SMILES string of the molecule is CC1CCCC(NCc2ccc(Br)cc2[N+](=O)[O-])CC1. The van der Waals surface area contributed by atoms with Crippen LogP contribution >= 0.6 is 15.9 Å². The number of halogens is 1. The van der Waals surface area contributed by atoms with Crippen LogP contribution < -0.4 is 5.32 Å². The summed E-state index contributed by atoms with van der Waals surface area (Å²) in [6.07, 6.45) is 6.15. The minimum atomic E-state index is -0.309. The van der Waals surface area contributed by atoms with Crippen molar-refractivity contribution < 1.29 is 4.92 Å². The van der Waals surface area contributed by atoms with Crippen molar-refractivity contribution >= 4 is 21.6 Å². The molecule has 0 aromatic heterocycles. The molecule has 0 spiro atoms. The molecule has 0 amide bonds. The van der Waals surface area contributed by atoms with Gasteiger partial charge in [0, 0.05) is 28.7 Å². The molecule has 1 saturated carbocycles. The zero-order valence-electron chi connectivity index (χ0n) is 11.8. The molecule has 0 saturated heterocycles. The fraction of sp³-hybridized carbons (Fsp3) is 0.600. The zero-order chi connectivity index (χ0) is 14.5. The van der Waals surface area contributed by atoms with Crippen LogP contribution in [-0.4, -0.2) is 11.0 Å². The van der Waals surface area contributed by atoms with E-state index in [4.69, 9.17) is 0 Å². The lowest BCUT2D eigenvalue weighted by Crippen LogP contribution is -2.28. The third kappa shape index (κ3) is 4.28. The lowest BCUT2D eigenvalue weighted by molar-refractivity contribution is -0.385. The maximum atomic E-state index is 11.1. The van der Waals surface area contributed by atoms with Gasteiger partial charge >= 0.3 is 0 Å². The smallest absolute Gasteiger partial charge is 0.275 e. The van der Waals surface area contributed by atoms with Gasteiger partial charge in [-0.3, -0.25) is 10.1 Å². The summed E-state index contributed by atoms with van der Waals surface area (Å²) in [5.74, 6) is 0.809. The van der Waals surface area contributed by atoms with Gasteiger partial charge in [0.25, 0.3) is 5.69 Å². The Balaban J connectivity index is 1.98. The summed E-state index contributed by atoms with van der Waals surface area (Å²) in [4.78, 5) is 10.8. The number of benzene rings is 1. The highest BCUT2D eigenvalue weighted by atomic mass is 79.9. The maximum Gasteiger partial charge on any atom is 0.275 e. The summed E-state index contributed by atoms with van der Waals surface area (Å²) in [7, 11) is 0. The van der Waals surface area contributed by atoms with Crippen LogP contribution in [0.5, 0.6) is 0 Å². The largest absolute Gasteiger partial charge is 0.310 e. The van der Waals surface area contributed by atoms with Gasteiger partial charge in [-0.15, -0.1) is 0 Å². The molecule has 1 aliphatic carbocycles. The average Bonchev–Trinajstić information content (AvgIpc) is 2.62. The molecule has 0 bridgehead atoms. The summed E-state index contributed by atoms with van der Waals surface area (Å²) in [5, 5.41) is 14.6. The average molecular weight is 341 g/mol. The molecule has 20 heavy (non-hydrogen) atoms. The first kappa shape index (κ1) is 15.4. The molecule has 1 aliphatic rings. The van der Waals surface area contributed by atoms with E-state index in [0.717, 1.165) is 16.0 Å². The van der Waals surface area contributed by atoms with Crippen molar-refractivity contribution in [1.82, 2.24) is 5.32 Å². The number of hydrogen-bond acceptors (Lipinski definition) is 3. The fourth-order valence-corrected chi connectivity index (χ4v) is 3.15. The van der Waals surface area contributed by atoms with Gasteiger partial charge in [-0.2, -0.15) is 0 Å². The summed E-state index contributed by atoms with van der Waals surface area (Å²) >= 11 is 3.28. The van der Waals surface area contributed by atoms with Crippen molar-refractivity contribution in [2.75, 3.05) is 0 Å². The predicted octanol–water partition coefficient (Wildman–Crippen LogP) is 4.42. The monoisotopic (exact) mass is 340 g/mol. The molecule has 2 atom stereocenters. The molecule has 0 aliphatic heterocycles. The minimum absolute atomic E-state index is 0.189. The number of rotatable bonds is 4. The van der Waals surface area contributed by atoms with Crippen LogP contribution in [0.25, 0.3) is 0 Å². The predicted molar refractivity (Wildman–Crippen MR) is 83.7 cm³/mol. The molecule has 0 heterocycles. The Morgan fingerprint density at radius 1 is 1.35 bits per heavy atom. The first-order chi connectivity index (χ1) is 9.56. The van der Waals surface area contributed by atoms with Gasteiger partial charge in [-0.1, -0.05) is 35.7 Å². The maximum absolute atomic E-state index is 11.1. The second-order valence-electron chi connectivity index (χ2n) is 5.72. The van der Waals surface area contributed by atoms with E-state index in [9.17, 15) is 10.1 Å².